The van der Waals surface area contributed by atoms with Gasteiger partial charge in [0.05, 0.1) is 19.9 Å². The van der Waals surface area contributed by atoms with Crippen LogP contribution in [0, 0.1) is 0 Å². The van der Waals surface area contributed by atoms with Crippen LogP contribution in [0.5, 0.6) is 11.5 Å². The summed E-state index contributed by atoms with van der Waals surface area (Å²) in [5.74, 6) is 1.68. The van der Waals surface area contributed by atoms with Crippen LogP contribution in [0.4, 0.5) is 0 Å². The van der Waals surface area contributed by atoms with E-state index in [1.807, 2.05) is 42.6 Å². The molecule has 0 fully saturated rings. The topological polar surface area (TPSA) is 34.6 Å². The van der Waals surface area contributed by atoms with Gasteiger partial charge in [0.15, 0.2) is 0 Å². The van der Waals surface area contributed by atoms with Crippen LogP contribution < -0.4 is 9.47 Å². The third-order valence-corrected chi connectivity index (χ3v) is 4.21. The molecular weight excluding hydrogens is 324 g/mol. The highest BCUT2D eigenvalue weighted by Crippen LogP contribution is 2.33. The van der Waals surface area contributed by atoms with Gasteiger partial charge < -0.3 is 14.4 Å². The zero-order valence-electron chi connectivity index (χ0n) is 15.7. The lowest BCUT2D eigenvalue weighted by Gasteiger charge is -2.15. The molecule has 0 N–H and O–H groups in total. The molecule has 4 heteroatoms. The molecule has 26 heavy (non-hydrogen) atoms. The maximum atomic E-state index is 5.29. The molecule has 1 heterocycles. The highest BCUT2D eigenvalue weighted by molar-refractivity contribution is 5.81. The van der Waals surface area contributed by atoms with Crippen molar-refractivity contribution < 1.29 is 9.47 Å². The summed E-state index contributed by atoms with van der Waals surface area (Å²) in [4.78, 5) is 6.92. The fourth-order valence-electron chi connectivity index (χ4n) is 2.93. The number of pyridine rings is 1. The Labute approximate surface area is 155 Å². The second-order valence-corrected chi connectivity index (χ2v) is 6.43. The summed E-state index contributed by atoms with van der Waals surface area (Å²) < 4.78 is 10.6. The third-order valence-electron chi connectivity index (χ3n) is 4.21. The zero-order chi connectivity index (χ0) is 18.5. The number of ether oxygens (including phenoxy) is 2. The number of aromatic nitrogens is 1. The summed E-state index contributed by atoms with van der Waals surface area (Å²) in [6.07, 6.45) is 1.95. The largest absolute Gasteiger partial charge is 0.497 e. The van der Waals surface area contributed by atoms with E-state index in [0.29, 0.717) is 0 Å². The van der Waals surface area contributed by atoms with Crippen molar-refractivity contribution in [2.24, 2.45) is 0 Å². The molecule has 0 saturated heterocycles. The SMILES string of the molecule is COc1ccc(-c2cc(CN(C)C)cnc2-c2ccc(OC)cc2)cc1. The molecule has 0 spiro atoms. The number of nitrogens with zero attached hydrogens (tertiary/aromatic N) is 2. The van der Waals surface area contributed by atoms with Crippen LogP contribution in [0.15, 0.2) is 60.8 Å². The van der Waals surface area contributed by atoms with Gasteiger partial charge in [0.25, 0.3) is 0 Å². The molecule has 3 rings (SSSR count). The standard InChI is InChI=1S/C22H24N2O2/c1-24(2)15-16-13-21(17-5-9-19(25-3)10-6-17)22(23-14-16)18-7-11-20(26-4)12-8-18/h5-14H,15H2,1-4H3. The molecule has 0 aliphatic carbocycles. The first-order valence-corrected chi connectivity index (χ1v) is 8.53. The van der Waals surface area contributed by atoms with Crippen molar-refractivity contribution >= 4 is 0 Å². The minimum Gasteiger partial charge on any atom is -0.497 e. The molecule has 2 aromatic carbocycles. The molecule has 0 unspecified atom stereocenters. The Balaban J connectivity index is 2.09. The fourth-order valence-corrected chi connectivity index (χ4v) is 2.93. The van der Waals surface area contributed by atoms with Crippen molar-refractivity contribution in [3.05, 3.63) is 66.4 Å². The molecule has 0 amide bonds. The predicted molar refractivity (Wildman–Crippen MR) is 106 cm³/mol. The number of hydrogen-bond donors (Lipinski definition) is 0. The Morgan fingerprint density at radius 1 is 0.808 bits per heavy atom. The van der Waals surface area contributed by atoms with Gasteiger partial charge in [-0.3, -0.25) is 4.98 Å². The van der Waals surface area contributed by atoms with Gasteiger partial charge in [-0.05, 0) is 67.7 Å². The minimum atomic E-state index is 0.837. The summed E-state index contributed by atoms with van der Waals surface area (Å²) in [6, 6.07) is 18.3. The van der Waals surface area contributed by atoms with Gasteiger partial charge in [-0.15, -0.1) is 0 Å². The fraction of sp³-hybridized carbons (Fsp3) is 0.227. The molecule has 3 aromatic rings. The second kappa shape index (κ2) is 8.02. The summed E-state index contributed by atoms with van der Waals surface area (Å²) in [5, 5.41) is 0. The summed E-state index contributed by atoms with van der Waals surface area (Å²) in [6.45, 7) is 0.846. The van der Waals surface area contributed by atoms with Gasteiger partial charge in [0.2, 0.25) is 0 Å². The van der Waals surface area contributed by atoms with Crippen molar-refractivity contribution in [1.29, 1.82) is 0 Å². The first-order chi connectivity index (χ1) is 12.6. The quantitative estimate of drug-likeness (QED) is 0.657. The van der Waals surface area contributed by atoms with E-state index >= 15 is 0 Å². The Bertz CT molecular complexity index is 856. The highest BCUT2D eigenvalue weighted by Gasteiger charge is 2.11. The summed E-state index contributed by atoms with van der Waals surface area (Å²) in [7, 11) is 7.47. The van der Waals surface area contributed by atoms with Crippen molar-refractivity contribution in [1.82, 2.24) is 9.88 Å². The van der Waals surface area contributed by atoms with Gasteiger partial charge in [0.1, 0.15) is 11.5 Å². The van der Waals surface area contributed by atoms with Crippen molar-refractivity contribution in [3.8, 4) is 33.9 Å². The molecule has 0 radical (unpaired) electrons. The van der Waals surface area contributed by atoms with Crippen LogP contribution in [-0.4, -0.2) is 38.2 Å². The molecule has 4 nitrogen and oxygen atoms in total. The second-order valence-electron chi connectivity index (χ2n) is 6.43. The average Bonchev–Trinajstić information content (AvgIpc) is 2.68. The predicted octanol–water partition coefficient (Wildman–Crippen LogP) is 4.49. The van der Waals surface area contributed by atoms with Crippen LogP contribution in [0.1, 0.15) is 5.56 Å². The van der Waals surface area contributed by atoms with Gasteiger partial charge >= 0.3 is 0 Å². The van der Waals surface area contributed by atoms with E-state index in [1.54, 1.807) is 14.2 Å². The molecular formula is C22H24N2O2. The maximum absolute atomic E-state index is 5.29. The Morgan fingerprint density at radius 3 is 1.85 bits per heavy atom. The van der Waals surface area contributed by atoms with Crippen LogP contribution >= 0.6 is 0 Å². The van der Waals surface area contributed by atoms with Crippen LogP contribution in [0.25, 0.3) is 22.4 Å². The smallest absolute Gasteiger partial charge is 0.118 e. The Morgan fingerprint density at radius 2 is 1.35 bits per heavy atom. The van der Waals surface area contributed by atoms with Crippen molar-refractivity contribution in [2.75, 3.05) is 28.3 Å². The van der Waals surface area contributed by atoms with E-state index in [0.717, 1.165) is 40.4 Å². The summed E-state index contributed by atoms with van der Waals surface area (Å²) >= 11 is 0. The van der Waals surface area contributed by atoms with Crippen LogP contribution in [-0.2, 0) is 6.54 Å². The molecule has 0 aliphatic rings. The minimum absolute atomic E-state index is 0.837. The normalized spacial score (nSPS) is 10.8. The molecule has 1 aromatic heterocycles. The lowest BCUT2D eigenvalue weighted by Crippen LogP contribution is -2.11. The van der Waals surface area contributed by atoms with Crippen LogP contribution in [0.2, 0.25) is 0 Å². The van der Waals surface area contributed by atoms with Gasteiger partial charge in [-0.1, -0.05) is 12.1 Å². The number of methoxy groups -OCH3 is 2. The lowest BCUT2D eigenvalue weighted by molar-refractivity contribution is 0.402. The monoisotopic (exact) mass is 348 g/mol. The molecule has 0 atom stereocenters. The first-order valence-electron chi connectivity index (χ1n) is 8.53. The first kappa shape index (κ1) is 18.0. The highest BCUT2D eigenvalue weighted by atomic mass is 16.5. The van der Waals surface area contributed by atoms with E-state index in [-0.39, 0.29) is 0 Å². The average molecular weight is 348 g/mol. The van der Waals surface area contributed by atoms with E-state index in [2.05, 4.69) is 37.2 Å². The molecule has 0 saturated carbocycles. The third kappa shape index (κ3) is 4.03. The number of hydrogen-bond acceptors (Lipinski definition) is 4. The van der Waals surface area contributed by atoms with Gasteiger partial charge in [-0.2, -0.15) is 0 Å². The Kier molecular flexibility index (Phi) is 5.54. The van der Waals surface area contributed by atoms with E-state index in [9.17, 15) is 0 Å². The van der Waals surface area contributed by atoms with Crippen LogP contribution in [0.3, 0.4) is 0 Å². The van der Waals surface area contributed by atoms with Gasteiger partial charge in [-0.25, -0.2) is 0 Å². The molecule has 134 valence electrons. The zero-order valence-corrected chi connectivity index (χ0v) is 15.7. The Hall–Kier alpha value is -2.85. The number of rotatable bonds is 6. The summed E-state index contributed by atoms with van der Waals surface area (Å²) in [5.41, 5.74) is 5.42. The van der Waals surface area contributed by atoms with E-state index in [1.165, 1.54) is 5.56 Å². The van der Waals surface area contributed by atoms with Crippen molar-refractivity contribution in [3.63, 3.8) is 0 Å². The molecule has 0 bridgehead atoms. The lowest BCUT2D eigenvalue weighted by atomic mass is 9.97. The van der Waals surface area contributed by atoms with E-state index < -0.39 is 0 Å². The van der Waals surface area contributed by atoms with Gasteiger partial charge in [0, 0.05) is 23.9 Å². The molecule has 0 aliphatic heterocycles. The maximum Gasteiger partial charge on any atom is 0.118 e. The number of benzene rings is 2. The van der Waals surface area contributed by atoms with E-state index in [4.69, 9.17) is 14.5 Å². The van der Waals surface area contributed by atoms with Crippen molar-refractivity contribution in [2.45, 2.75) is 6.54 Å².